The van der Waals surface area contributed by atoms with Crippen molar-refractivity contribution in [3.8, 4) is 11.5 Å². The van der Waals surface area contributed by atoms with E-state index in [1.54, 1.807) is 55.6 Å². The molecule has 0 aromatic heterocycles. The van der Waals surface area contributed by atoms with Crippen LogP contribution in [0.5, 0.6) is 11.5 Å². The Hall–Kier alpha value is -4.06. The van der Waals surface area contributed by atoms with E-state index in [0.717, 1.165) is 16.8 Å². The van der Waals surface area contributed by atoms with Gasteiger partial charge < -0.3 is 14.8 Å². The van der Waals surface area contributed by atoms with E-state index in [9.17, 15) is 9.59 Å². The van der Waals surface area contributed by atoms with Crippen LogP contribution in [-0.2, 0) is 9.59 Å². The number of nitrogens with one attached hydrogen (secondary N) is 1. The summed E-state index contributed by atoms with van der Waals surface area (Å²) < 4.78 is 10.8. The molecule has 0 unspecified atom stereocenters. The van der Waals surface area contributed by atoms with Gasteiger partial charge in [0.05, 0.1) is 25.0 Å². The topological polar surface area (TPSA) is 67.9 Å². The third kappa shape index (κ3) is 4.32. The predicted molar refractivity (Wildman–Crippen MR) is 130 cm³/mol. The van der Waals surface area contributed by atoms with Crippen LogP contribution in [-0.4, -0.2) is 25.5 Å². The number of hydrogen-bond donors (Lipinski definition) is 1. The van der Waals surface area contributed by atoms with Gasteiger partial charge in [-0.1, -0.05) is 30.3 Å². The third-order valence-electron chi connectivity index (χ3n) is 5.50. The number of rotatable bonds is 7. The molecular formula is C27H26N2O4. The minimum atomic E-state index is -0.418. The Morgan fingerprint density at radius 2 is 1.64 bits per heavy atom. The van der Waals surface area contributed by atoms with E-state index < -0.39 is 11.8 Å². The van der Waals surface area contributed by atoms with Crippen molar-refractivity contribution in [3.63, 3.8) is 0 Å². The van der Waals surface area contributed by atoms with E-state index in [0.29, 0.717) is 34.9 Å². The first-order chi connectivity index (χ1) is 15.9. The van der Waals surface area contributed by atoms with Crippen LogP contribution in [0.3, 0.4) is 0 Å². The average molecular weight is 443 g/mol. The van der Waals surface area contributed by atoms with Gasteiger partial charge in [0, 0.05) is 11.8 Å². The standard InChI is InChI=1S/C27H26N2O4/c1-5-33-21-13-11-19(12-14-21)24-25(28-23-15-17(2)9-10-18(23)3)27(31)29(26(24)30)20-7-6-8-22(16-20)32-4/h6-16,28H,5H2,1-4H3. The van der Waals surface area contributed by atoms with Crippen molar-refractivity contribution in [2.45, 2.75) is 20.8 Å². The first-order valence-corrected chi connectivity index (χ1v) is 10.8. The van der Waals surface area contributed by atoms with Crippen LogP contribution in [0, 0.1) is 13.8 Å². The molecule has 3 aromatic carbocycles. The largest absolute Gasteiger partial charge is 0.497 e. The van der Waals surface area contributed by atoms with Crippen LogP contribution in [0.25, 0.3) is 5.57 Å². The molecule has 0 fully saturated rings. The SMILES string of the molecule is CCOc1ccc(C2=C(Nc3cc(C)ccc3C)C(=O)N(c3cccc(OC)c3)C2=O)cc1. The van der Waals surface area contributed by atoms with Gasteiger partial charge in [-0.25, -0.2) is 4.90 Å². The van der Waals surface area contributed by atoms with Crippen LogP contribution in [0.15, 0.2) is 72.4 Å². The molecule has 168 valence electrons. The molecule has 1 aliphatic rings. The molecule has 0 aliphatic carbocycles. The van der Waals surface area contributed by atoms with Gasteiger partial charge in [-0.05, 0) is 67.8 Å². The summed E-state index contributed by atoms with van der Waals surface area (Å²) in [6, 6.07) is 20.1. The molecule has 1 N–H and O–H groups in total. The molecule has 2 amide bonds. The fourth-order valence-electron chi connectivity index (χ4n) is 3.79. The lowest BCUT2D eigenvalue weighted by molar-refractivity contribution is -0.120. The molecular weight excluding hydrogens is 416 g/mol. The number of anilines is 2. The lowest BCUT2D eigenvalue weighted by atomic mass is 10.0. The zero-order chi connectivity index (χ0) is 23.5. The van der Waals surface area contributed by atoms with Crippen LogP contribution in [0.1, 0.15) is 23.6 Å². The van der Waals surface area contributed by atoms with E-state index >= 15 is 0 Å². The van der Waals surface area contributed by atoms with Crippen molar-refractivity contribution < 1.29 is 19.1 Å². The van der Waals surface area contributed by atoms with E-state index in [1.807, 2.05) is 39.0 Å². The fourth-order valence-corrected chi connectivity index (χ4v) is 3.79. The molecule has 0 bridgehead atoms. The van der Waals surface area contributed by atoms with Crippen molar-refractivity contribution >= 4 is 28.8 Å². The van der Waals surface area contributed by atoms with E-state index in [4.69, 9.17) is 9.47 Å². The highest BCUT2D eigenvalue weighted by molar-refractivity contribution is 6.46. The molecule has 6 nitrogen and oxygen atoms in total. The quantitative estimate of drug-likeness (QED) is 0.515. The summed E-state index contributed by atoms with van der Waals surface area (Å²) >= 11 is 0. The van der Waals surface area contributed by atoms with Gasteiger partial charge in [0.15, 0.2) is 0 Å². The van der Waals surface area contributed by atoms with E-state index in [-0.39, 0.29) is 5.70 Å². The summed E-state index contributed by atoms with van der Waals surface area (Å²) in [5, 5.41) is 3.25. The number of benzene rings is 3. The van der Waals surface area contributed by atoms with Gasteiger partial charge in [0.25, 0.3) is 11.8 Å². The minimum absolute atomic E-state index is 0.237. The second-order valence-electron chi connectivity index (χ2n) is 7.80. The van der Waals surface area contributed by atoms with Crippen molar-refractivity contribution in [2.24, 2.45) is 0 Å². The highest BCUT2D eigenvalue weighted by Crippen LogP contribution is 2.36. The number of nitrogens with zero attached hydrogens (tertiary/aromatic N) is 1. The van der Waals surface area contributed by atoms with E-state index in [2.05, 4.69) is 5.32 Å². The molecule has 0 saturated heterocycles. The predicted octanol–water partition coefficient (Wildman–Crippen LogP) is 5.11. The molecule has 1 heterocycles. The average Bonchev–Trinajstić information content (AvgIpc) is 3.06. The number of aryl methyl sites for hydroxylation is 2. The molecule has 4 rings (SSSR count). The molecule has 3 aromatic rings. The Labute approximate surface area is 193 Å². The van der Waals surface area contributed by atoms with Crippen LogP contribution >= 0.6 is 0 Å². The summed E-state index contributed by atoms with van der Waals surface area (Å²) in [7, 11) is 1.55. The van der Waals surface area contributed by atoms with Crippen LogP contribution in [0.2, 0.25) is 0 Å². The van der Waals surface area contributed by atoms with Gasteiger partial charge >= 0.3 is 0 Å². The van der Waals surface area contributed by atoms with Crippen molar-refractivity contribution in [3.05, 3.63) is 89.1 Å². The maximum absolute atomic E-state index is 13.6. The van der Waals surface area contributed by atoms with Crippen LogP contribution < -0.4 is 19.7 Å². The first kappa shape index (κ1) is 22.1. The molecule has 0 saturated carbocycles. The highest BCUT2D eigenvalue weighted by atomic mass is 16.5. The highest BCUT2D eigenvalue weighted by Gasteiger charge is 2.40. The maximum Gasteiger partial charge on any atom is 0.282 e. The summed E-state index contributed by atoms with van der Waals surface area (Å²) in [6.45, 7) is 6.40. The number of imide groups is 1. The second kappa shape index (κ2) is 9.20. The monoisotopic (exact) mass is 442 g/mol. The Morgan fingerprint density at radius 3 is 2.33 bits per heavy atom. The second-order valence-corrected chi connectivity index (χ2v) is 7.80. The minimum Gasteiger partial charge on any atom is -0.497 e. The van der Waals surface area contributed by atoms with Gasteiger partial charge in [-0.3, -0.25) is 9.59 Å². The summed E-state index contributed by atoms with van der Waals surface area (Å²) in [4.78, 5) is 28.4. The first-order valence-electron chi connectivity index (χ1n) is 10.8. The van der Waals surface area contributed by atoms with Gasteiger partial charge in [0.2, 0.25) is 0 Å². The molecule has 0 radical (unpaired) electrons. The summed E-state index contributed by atoms with van der Waals surface area (Å²) in [5.74, 6) is 0.447. The summed E-state index contributed by atoms with van der Waals surface area (Å²) in [5.41, 5.74) is 4.43. The molecule has 0 atom stereocenters. The van der Waals surface area contributed by atoms with Crippen LogP contribution in [0.4, 0.5) is 11.4 Å². The molecule has 0 spiro atoms. The lowest BCUT2D eigenvalue weighted by Crippen LogP contribution is -2.32. The molecule has 6 heteroatoms. The Kier molecular flexibility index (Phi) is 6.18. The number of carbonyl (C=O) groups is 2. The summed E-state index contributed by atoms with van der Waals surface area (Å²) in [6.07, 6.45) is 0. The van der Waals surface area contributed by atoms with Gasteiger partial charge in [-0.15, -0.1) is 0 Å². The Balaban J connectivity index is 1.82. The number of carbonyl (C=O) groups excluding carboxylic acids is 2. The lowest BCUT2D eigenvalue weighted by Gasteiger charge is -2.16. The zero-order valence-electron chi connectivity index (χ0n) is 19.1. The molecule has 33 heavy (non-hydrogen) atoms. The van der Waals surface area contributed by atoms with Gasteiger partial charge in [-0.2, -0.15) is 0 Å². The third-order valence-corrected chi connectivity index (χ3v) is 5.50. The molecule has 1 aliphatic heterocycles. The zero-order valence-corrected chi connectivity index (χ0v) is 19.1. The number of ether oxygens (including phenoxy) is 2. The fraction of sp³-hybridized carbons (Fsp3) is 0.185. The van der Waals surface area contributed by atoms with E-state index in [1.165, 1.54) is 4.90 Å². The maximum atomic E-state index is 13.6. The van der Waals surface area contributed by atoms with Crippen molar-refractivity contribution in [1.29, 1.82) is 0 Å². The normalized spacial score (nSPS) is 13.5. The smallest absolute Gasteiger partial charge is 0.282 e. The van der Waals surface area contributed by atoms with Gasteiger partial charge in [0.1, 0.15) is 17.2 Å². The number of amides is 2. The van der Waals surface area contributed by atoms with Crippen molar-refractivity contribution in [2.75, 3.05) is 23.9 Å². The Morgan fingerprint density at radius 1 is 0.879 bits per heavy atom. The van der Waals surface area contributed by atoms with Crippen molar-refractivity contribution in [1.82, 2.24) is 0 Å². The number of methoxy groups -OCH3 is 1. The Bertz CT molecular complexity index is 1250. The number of hydrogen-bond acceptors (Lipinski definition) is 5.